The third-order valence-electron chi connectivity index (χ3n) is 7.61. The molecule has 3 aliphatic rings. The molecule has 2 fully saturated rings. The van der Waals surface area contributed by atoms with Gasteiger partial charge in [0.25, 0.3) is 0 Å². The van der Waals surface area contributed by atoms with Gasteiger partial charge in [0.15, 0.2) is 10.9 Å². The SMILES string of the molecule is CN1CCN(c2nc(NC3=NCC(C4CCC4)=C3)nc(Sc3ccc(CC(=O)c4ccccc4)cc3)n2)CC1. The Labute approximate surface area is 233 Å². The maximum atomic E-state index is 12.6. The van der Waals surface area contributed by atoms with Crippen LogP contribution in [0.2, 0.25) is 0 Å². The first kappa shape index (κ1) is 25.7. The Kier molecular flexibility index (Phi) is 7.69. The molecule has 0 atom stereocenters. The highest BCUT2D eigenvalue weighted by Crippen LogP contribution is 2.35. The van der Waals surface area contributed by atoms with Crippen molar-refractivity contribution >= 4 is 35.3 Å². The lowest BCUT2D eigenvalue weighted by atomic mass is 9.80. The Morgan fingerprint density at radius 2 is 1.74 bits per heavy atom. The molecule has 6 rings (SSSR count). The van der Waals surface area contributed by atoms with Gasteiger partial charge in [0.05, 0.1) is 6.54 Å². The number of hydrogen-bond donors (Lipinski definition) is 1. The Balaban J connectivity index is 1.18. The van der Waals surface area contributed by atoms with Crippen LogP contribution in [0.15, 0.2) is 81.3 Å². The minimum absolute atomic E-state index is 0.116. The van der Waals surface area contributed by atoms with Crippen LogP contribution in [0.3, 0.4) is 0 Å². The van der Waals surface area contributed by atoms with Gasteiger partial charge in [-0.05, 0) is 66.9 Å². The largest absolute Gasteiger partial charge is 0.338 e. The number of carbonyl (C=O) groups is 1. The van der Waals surface area contributed by atoms with Gasteiger partial charge < -0.3 is 15.1 Å². The molecular formula is C30H33N7OS. The van der Waals surface area contributed by atoms with Crippen molar-refractivity contribution in [1.82, 2.24) is 19.9 Å². The molecule has 39 heavy (non-hydrogen) atoms. The van der Waals surface area contributed by atoms with Crippen molar-refractivity contribution in [2.45, 2.75) is 35.7 Å². The number of benzene rings is 2. The van der Waals surface area contributed by atoms with Gasteiger partial charge in [-0.3, -0.25) is 9.79 Å². The van der Waals surface area contributed by atoms with Crippen molar-refractivity contribution in [3.05, 3.63) is 77.4 Å². The number of amidine groups is 1. The van der Waals surface area contributed by atoms with Gasteiger partial charge in [-0.2, -0.15) is 15.0 Å². The molecule has 200 valence electrons. The van der Waals surface area contributed by atoms with Gasteiger partial charge in [-0.25, -0.2) is 0 Å². The Bertz CT molecular complexity index is 1380. The van der Waals surface area contributed by atoms with Crippen LogP contribution in [0.5, 0.6) is 0 Å². The number of Topliss-reactive ketones (excluding diaryl/α,β-unsaturated/α-hetero) is 1. The summed E-state index contributed by atoms with van der Waals surface area (Å²) in [5.74, 6) is 2.84. The van der Waals surface area contributed by atoms with E-state index >= 15 is 0 Å². The highest BCUT2D eigenvalue weighted by atomic mass is 32.2. The zero-order chi connectivity index (χ0) is 26.6. The lowest BCUT2D eigenvalue weighted by Gasteiger charge is -2.32. The van der Waals surface area contributed by atoms with Crippen LogP contribution >= 0.6 is 11.8 Å². The van der Waals surface area contributed by atoms with Gasteiger partial charge in [-0.1, -0.05) is 48.9 Å². The number of carbonyl (C=O) groups excluding carboxylic acids is 1. The normalized spacial score (nSPS) is 17.9. The van der Waals surface area contributed by atoms with Crippen LogP contribution < -0.4 is 10.2 Å². The predicted molar refractivity (Wildman–Crippen MR) is 156 cm³/mol. The fourth-order valence-corrected chi connectivity index (χ4v) is 5.69. The van der Waals surface area contributed by atoms with Crippen LogP contribution in [0.25, 0.3) is 0 Å². The van der Waals surface area contributed by atoms with E-state index in [9.17, 15) is 4.79 Å². The number of nitrogens with one attached hydrogen (secondary N) is 1. The molecule has 9 heteroatoms. The lowest BCUT2D eigenvalue weighted by molar-refractivity contribution is 0.0993. The first-order chi connectivity index (χ1) is 19.1. The van der Waals surface area contributed by atoms with Gasteiger partial charge in [0.1, 0.15) is 5.84 Å². The van der Waals surface area contributed by atoms with Gasteiger partial charge >= 0.3 is 0 Å². The van der Waals surface area contributed by atoms with E-state index < -0.39 is 0 Å². The molecule has 3 heterocycles. The van der Waals surface area contributed by atoms with Crippen LogP contribution in [0, 0.1) is 5.92 Å². The van der Waals surface area contributed by atoms with Crippen LogP contribution in [-0.2, 0) is 6.42 Å². The van der Waals surface area contributed by atoms with Crippen molar-refractivity contribution in [2.75, 3.05) is 50.0 Å². The van der Waals surface area contributed by atoms with Crippen molar-refractivity contribution in [3.8, 4) is 0 Å². The summed E-state index contributed by atoms with van der Waals surface area (Å²) in [7, 11) is 2.14. The Hall–Kier alpha value is -3.56. The zero-order valence-corrected chi connectivity index (χ0v) is 23.0. The van der Waals surface area contributed by atoms with E-state index in [0.29, 0.717) is 29.4 Å². The lowest BCUT2D eigenvalue weighted by Crippen LogP contribution is -2.45. The quantitative estimate of drug-likeness (QED) is 0.411. The number of ketones is 1. The maximum Gasteiger partial charge on any atom is 0.234 e. The molecule has 0 amide bonds. The van der Waals surface area contributed by atoms with E-state index in [1.54, 1.807) is 0 Å². The highest BCUT2D eigenvalue weighted by Gasteiger charge is 2.25. The number of hydrogen-bond acceptors (Lipinski definition) is 9. The van der Waals surface area contributed by atoms with Gasteiger partial charge in [0.2, 0.25) is 11.9 Å². The van der Waals surface area contributed by atoms with Crippen molar-refractivity contribution < 1.29 is 4.79 Å². The Morgan fingerprint density at radius 1 is 0.974 bits per heavy atom. The fraction of sp³-hybridized carbons (Fsp3) is 0.367. The molecule has 2 aliphatic heterocycles. The molecule has 0 bridgehead atoms. The average Bonchev–Trinajstić information content (AvgIpc) is 3.37. The van der Waals surface area contributed by atoms with Crippen molar-refractivity contribution in [3.63, 3.8) is 0 Å². The number of rotatable bonds is 8. The minimum Gasteiger partial charge on any atom is -0.338 e. The molecule has 1 aliphatic carbocycles. The van der Waals surface area contributed by atoms with Gasteiger partial charge in [-0.15, -0.1) is 0 Å². The summed E-state index contributed by atoms with van der Waals surface area (Å²) in [5, 5.41) is 3.99. The maximum absolute atomic E-state index is 12.6. The molecule has 8 nitrogen and oxygen atoms in total. The predicted octanol–water partition coefficient (Wildman–Crippen LogP) is 4.75. The Morgan fingerprint density at radius 3 is 2.46 bits per heavy atom. The fourth-order valence-electron chi connectivity index (χ4n) is 4.95. The number of likely N-dealkylation sites (N-methyl/N-ethyl adjacent to an activating group) is 1. The third kappa shape index (κ3) is 6.37. The molecule has 0 spiro atoms. The summed E-state index contributed by atoms with van der Waals surface area (Å²) in [6.07, 6.45) is 6.41. The third-order valence-corrected chi connectivity index (χ3v) is 8.48. The summed E-state index contributed by atoms with van der Waals surface area (Å²) in [4.78, 5) is 37.2. The van der Waals surface area contributed by atoms with E-state index in [1.807, 2.05) is 54.6 Å². The standard InChI is InChI=1S/C30H33N7OS/c1-36-14-16-37(17-15-36)29-33-28(32-27-19-24(20-31-27)22-8-5-9-22)34-30(35-29)39-25-12-10-21(11-13-25)18-26(38)23-6-3-2-4-7-23/h2-4,6-7,10-13,19,22H,5,8-9,14-18,20H2,1H3,(H,31,32,33,34,35). The van der Waals surface area contributed by atoms with E-state index in [4.69, 9.17) is 19.9 Å². The first-order valence-corrected chi connectivity index (χ1v) is 14.5. The topological polar surface area (TPSA) is 86.6 Å². The summed E-state index contributed by atoms with van der Waals surface area (Å²) in [5.41, 5.74) is 3.13. The second-order valence-electron chi connectivity index (χ2n) is 10.4. The molecule has 1 N–H and O–H groups in total. The molecule has 1 saturated heterocycles. The molecule has 2 aromatic carbocycles. The van der Waals surface area contributed by atoms with Crippen molar-refractivity contribution in [2.24, 2.45) is 10.9 Å². The number of nitrogens with zero attached hydrogens (tertiary/aromatic N) is 6. The first-order valence-electron chi connectivity index (χ1n) is 13.7. The minimum atomic E-state index is 0.116. The smallest absolute Gasteiger partial charge is 0.234 e. The number of aromatic nitrogens is 3. The molecule has 0 radical (unpaired) electrons. The van der Waals surface area contributed by atoms with E-state index in [0.717, 1.165) is 54.6 Å². The highest BCUT2D eigenvalue weighted by molar-refractivity contribution is 7.99. The molecule has 1 saturated carbocycles. The summed E-state index contributed by atoms with van der Waals surface area (Å²) in [6.45, 7) is 4.46. The molecular weight excluding hydrogens is 506 g/mol. The summed E-state index contributed by atoms with van der Waals surface area (Å²) >= 11 is 1.50. The molecule has 1 aromatic heterocycles. The molecule has 0 unspecified atom stereocenters. The number of anilines is 2. The molecule has 3 aromatic rings. The van der Waals surface area contributed by atoms with E-state index in [2.05, 4.69) is 28.2 Å². The summed E-state index contributed by atoms with van der Waals surface area (Å²) < 4.78 is 0. The van der Waals surface area contributed by atoms with Crippen LogP contribution in [0.4, 0.5) is 11.9 Å². The zero-order valence-electron chi connectivity index (χ0n) is 22.2. The summed E-state index contributed by atoms with van der Waals surface area (Å²) in [6, 6.07) is 17.5. The van der Waals surface area contributed by atoms with Crippen molar-refractivity contribution in [1.29, 1.82) is 0 Å². The number of piperazine rings is 1. The number of aliphatic imine (C=N–C) groups is 1. The van der Waals surface area contributed by atoms with E-state index in [-0.39, 0.29) is 5.78 Å². The van der Waals surface area contributed by atoms with Crippen LogP contribution in [-0.4, -0.2) is 71.2 Å². The van der Waals surface area contributed by atoms with Crippen LogP contribution in [0.1, 0.15) is 35.2 Å². The average molecular weight is 540 g/mol. The monoisotopic (exact) mass is 539 g/mol. The van der Waals surface area contributed by atoms with E-state index in [1.165, 1.54) is 36.6 Å². The van der Waals surface area contributed by atoms with Gasteiger partial charge in [0, 0.05) is 43.1 Å². The second kappa shape index (κ2) is 11.7. The second-order valence-corrected chi connectivity index (χ2v) is 11.5.